The average molecular weight is 167 g/mol. The van der Waals surface area contributed by atoms with Crippen molar-refractivity contribution >= 4 is 0 Å². The van der Waals surface area contributed by atoms with Gasteiger partial charge in [0.25, 0.3) is 0 Å². The molecule has 0 aromatic carbocycles. The summed E-state index contributed by atoms with van der Waals surface area (Å²) < 4.78 is 5.11. The lowest BCUT2D eigenvalue weighted by atomic mass is 9.98. The van der Waals surface area contributed by atoms with Crippen LogP contribution >= 0.6 is 0 Å². The summed E-state index contributed by atoms with van der Waals surface area (Å²) in [5, 5.41) is 7.09. The number of piperidine rings is 1. The Morgan fingerprint density at radius 3 is 2.75 bits per heavy atom. The fraction of sp³-hybridized carbons (Fsp3) is 0.750. The smallest absolute Gasteiger partial charge is 0.229 e. The van der Waals surface area contributed by atoms with E-state index in [-0.39, 0.29) is 0 Å². The first kappa shape index (κ1) is 7.73. The molecule has 66 valence electrons. The Hall–Kier alpha value is -0.900. The van der Waals surface area contributed by atoms with Crippen LogP contribution in [0.25, 0.3) is 0 Å². The average Bonchev–Trinajstić information content (AvgIpc) is 2.54. The SMILES string of the molecule is Cc1noc(C2CCNCC2)n1. The molecule has 1 aliphatic heterocycles. The van der Waals surface area contributed by atoms with E-state index in [1.807, 2.05) is 6.92 Å². The molecule has 1 saturated heterocycles. The second-order valence-corrected chi connectivity index (χ2v) is 3.20. The fourth-order valence-corrected chi connectivity index (χ4v) is 1.55. The van der Waals surface area contributed by atoms with Gasteiger partial charge in [-0.2, -0.15) is 4.98 Å². The Morgan fingerprint density at radius 2 is 2.17 bits per heavy atom. The number of rotatable bonds is 1. The highest BCUT2D eigenvalue weighted by molar-refractivity contribution is 4.94. The molecule has 0 amide bonds. The largest absolute Gasteiger partial charge is 0.339 e. The fourth-order valence-electron chi connectivity index (χ4n) is 1.55. The zero-order chi connectivity index (χ0) is 8.39. The molecule has 0 saturated carbocycles. The van der Waals surface area contributed by atoms with Gasteiger partial charge in [0.15, 0.2) is 5.82 Å². The third kappa shape index (κ3) is 1.48. The summed E-state index contributed by atoms with van der Waals surface area (Å²) >= 11 is 0. The molecule has 1 fully saturated rings. The van der Waals surface area contributed by atoms with Crippen LogP contribution in [0.1, 0.15) is 30.5 Å². The third-order valence-corrected chi connectivity index (χ3v) is 2.23. The van der Waals surface area contributed by atoms with Crippen molar-refractivity contribution in [1.29, 1.82) is 0 Å². The number of nitrogens with zero attached hydrogens (tertiary/aromatic N) is 2. The number of aromatic nitrogens is 2. The van der Waals surface area contributed by atoms with Gasteiger partial charge >= 0.3 is 0 Å². The number of hydrogen-bond donors (Lipinski definition) is 1. The second kappa shape index (κ2) is 3.23. The van der Waals surface area contributed by atoms with E-state index in [1.54, 1.807) is 0 Å². The molecule has 1 aromatic heterocycles. The molecule has 2 heterocycles. The molecule has 1 aliphatic rings. The molecule has 0 aliphatic carbocycles. The number of hydrogen-bond acceptors (Lipinski definition) is 4. The van der Waals surface area contributed by atoms with E-state index in [2.05, 4.69) is 15.5 Å². The van der Waals surface area contributed by atoms with Crippen molar-refractivity contribution in [3.63, 3.8) is 0 Å². The predicted octanol–water partition coefficient (Wildman–Crippen LogP) is 0.845. The first-order valence-corrected chi connectivity index (χ1v) is 4.37. The Kier molecular flexibility index (Phi) is 2.08. The quantitative estimate of drug-likeness (QED) is 0.673. The minimum Gasteiger partial charge on any atom is -0.339 e. The Balaban J connectivity index is 2.08. The first-order valence-electron chi connectivity index (χ1n) is 4.37. The van der Waals surface area contributed by atoms with Crippen molar-refractivity contribution in [2.45, 2.75) is 25.7 Å². The summed E-state index contributed by atoms with van der Waals surface area (Å²) in [5.41, 5.74) is 0. The van der Waals surface area contributed by atoms with Crippen LogP contribution in [-0.4, -0.2) is 23.2 Å². The zero-order valence-electron chi connectivity index (χ0n) is 7.21. The van der Waals surface area contributed by atoms with E-state index >= 15 is 0 Å². The topological polar surface area (TPSA) is 51.0 Å². The van der Waals surface area contributed by atoms with Gasteiger partial charge in [0, 0.05) is 5.92 Å². The predicted molar refractivity (Wildman–Crippen MR) is 43.9 cm³/mol. The Bertz CT molecular complexity index is 253. The van der Waals surface area contributed by atoms with Crippen molar-refractivity contribution < 1.29 is 4.52 Å². The maximum absolute atomic E-state index is 5.11. The standard InChI is InChI=1S/C8H13N3O/c1-6-10-8(12-11-6)7-2-4-9-5-3-7/h7,9H,2-5H2,1H3. The van der Waals surface area contributed by atoms with Gasteiger partial charge < -0.3 is 9.84 Å². The van der Waals surface area contributed by atoms with Crippen molar-refractivity contribution in [3.8, 4) is 0 Å². The number of nitrogens with one attached hydrogen (secondary N) is 1. The van der Waals surface area contributed by atoms with Crippen LogP contribution in [0.5, 0.6) is 0 Å². The van der Waals surface area contributed by atoms with E-state index < -0.39 is 0 Å². The molecular formula is C8H13N3O. The monoisotopic (exact) mass is 167 g/mol. The molecule has 0 atom stereocenters. The van der Waals surface area contributed by atoms with Gasteiger partial charge in [-0.05, 0) is 32.9 Å². The molecule has 0 spiro atoms. The van der Waals surface area contributed by atoms with E-state index in [0.717, 1.165) is 37.6 Å². The highest BCUT2D eigenvalue weighted by atomic mass is 16.5. The third-order valence-electron chi connectivity index (χ3n) is 2.23. The van der Waals surface area contributed by atoms with Gasteiger partial charge in [-0.15, -0.1) is 0 Å². The molecule has 12 heavy (non-hydrogen) atoms. The summed E-state index contributed by atoms with van der Waals surface area (Å²) in [7, 11) is 0. The molecule has 0 unspecified atom stereocenters. The lowest BCUT2D eigenvalue weighted by Gasteiger charge is -2.18. The second-order valence-electron chi connectivity index (χ2n) is 3.20. The highest BCUT2D eigenvalue weighted by Gasteiger charge is 2.20. The van der Waals surface area contributed by atoms with E-state index in [4.69, 9.17) is 4.52 Å². The minimum atomic E-state index is 0.479. The van der Waals surface area contributed by atoms with Crippen molar-refractivity contribution in [3.05, 3.63) is 11.7 Å². The first-order chi connectivity index (χ1) is 5.86. The summed E-state index contributed by atoms with van der Waals surface area (Å²) in [4.78, 5) is 4.23. The lowest BCUT2D eigenvalue weighted by Crippen LogP contribution is -2.26. The van der Waals surface area contributed by atoms with Crippen LogP contribution in [0, 0.1) is 6.92 Å². The summed E-state index contributed by atoms with van der Waals surface area (Å²) in [6, 6.07) is 0. The van der Waals surface area contributed by atoms with E-state index in [9.17, 15) is 0 Å². The van der Waals surface area contributed by atoms with Gasteiger partial charge in [-0.3, -0.25) is 0 Å². The minimum absolute atomic E-state index is 0.479. The summed E-state index contributed by atoms with van der Waals surface area (Å²) in [6.07, 6.45) is 2.23. The van der Waals surface area contributed by atoms with E-state index in [1.165, 1.54) is 0 Å². The maximum atomic E-state index is 5.11. The van der Waals surface area contributed by atoms with Crippen LogP contribution in [0.4, 0.5) is 0 Å². The van der Waals surface area contributed by atoms with Gasteiger partial charge in [0.2, 0.25) is 5.89 Å². The number of aryl methyl sites for hydroxylation is 1. The normalized spacial score (nSPS) is 19.8. The van der Waals surface area contributed by atoms with Gasteiger partial charge in [0.1, 0.15) is 0 Å². The molecule has 0 bridgehead atoms. The maximum Gasteiger partial charge on any atom is 0.229 e. The summed E-state index contributed by atoms with van der Waals surface area (Å²) in [5.74, 6) is 2.03. The van der Waals surface area contributed by atoms with Crippen molar-refractivity contribution in [1.82, 2.24) is 15.5 Å². The molecule has 1 N–H and O–H groups in total. The molecular weight excluding hydrogens is 154 g/mol. The molecule has 0 radical (unpaired) electrons. The van der Waals surface area contributed by atoms with Crippen LogP contribution in [0.3, 0.4) is 0 Å². The lowest BCUT2D eigenvalue weighted by molar-refractivity contribution is 0.319. The molecule has 2 rings (SSSR count). The Labute approximate surface area is 71.4 Å². The van der Waals surface area contributed by atoms with Gasteiger partial charge in [0.05, 0.1) is 0 Å². The van der Waals surface area contributed by atoms with Gasteiger partial charge in [-0.1, -0.05) is 5.16 Å². The van der Waals surface area contributed by atoms with Crippen LogP contribution in [0.2, 0.25) is 0 Å². The molecule has 4 heteroatoms. The van der Waals surface area contributed by atoms with E-state index in [0.29, 0.717) is 5.92 Å². The van der Waals surface area contributed by atoms with Crippen molar-refractivity contribution in [2.75, 3.05) is 13.1 Å². The molecule has 1 aromatic rings. The van der Waals surface area contributed by atoms with Crippen LogP contribution < -0.4 is 5.32 Å². The van der Waals surface area contributed by atoms with Crippen LogP contribution in [0.15, 0.2) is 4.52 Å². The Morgan fingerprint density at radius 1 is 1.42 bits per heavy atom. The zero-order valence-corrected chi connectivity index (χ0v) is 7.21. The van der Waals surface area contributed by atoms with Crippen LogP contribution in [-0.2, 0) is 0 Å². The van der Waals surface area contributed by atoms with Crippen molar-refractivity contribution in [2.24, 2.45) is 0 Å². The highest BCUT2D eigenvalue weighted by Crippen LogP contribution is 2.22. The summed E-state index contributed by atoms with van der Waals surface area (Å²) in [6.45, 7) is 3.98. The van der Waals surface area contributed by atoms with Gasteiger partial charge in [-0.25, -0.2) is 0 Å². The molecule has 4 nitrogen and oxygen atoms in total.